The fourth-order valence-corrected chi connectivity index (χ4v) is 4.82. The molecule has 2 aromatic rings. The maximum absolute atomic E-state index is 14.0. The predicted octanol–water partition coefficient (Wildman–Crippen LogP) is 3.92. The van der Waals surface area contributed by atoms with E-state index in [0.29, 0.717) is 23.4 Å². The van der Waals surface area contributed by atoms with Crippen LogP contribution < -0.4 is 5.32 Å². The highest BCUT2D eigenvalue weighted by molar-refractivity contribution is 7.99. The van der Waals surface area contributed by atoms with Crippen LogP contribution in [0.5, 0.6) is 0 Å². The van der Waals surface area contributed by atoms with Crippen LogP contribution in [0.2, 0.25) is 0 Å². The van der Waals surface area contributed by atoms with Crippen molar-refractivity contribution < 1.29 is 14.0 Å². The second kappa shape index (κ2) is 7.72. The van der Waals surface area contributed by atoms with Gasteiger partial charge in [-0.15, -0.1) is 11.8 Å². The average Bonchev–Trinajstić information content (AvgIpc) is 3.07. The van der Waals surface area contributed by atoms with Gasteiger partial charge >= 0.3 is 0 Å². The van der Waals surface area contributed by atoms with Gasteiger partial charge in [-0.05, 0) is 42.2 Å². The zero-order valence-corrected chi connectivity index (χ0v) is 15.7. The van der Waals surface area contributed by atoms with Crippen LogP contribution in [-0.2, 0) is 11.3 Å². The van der Waals surface area contributed by atoms with Crippen LogP contribution in [0.1, 0.15) is 46.8 Å². The molecule has 1 fully saturated rings. The molecule has 4 rings (SSSR count). The van der Waals surface area contributed by atoms with E-state index >= 15 is 0 Å². The molecule has 140 valence electrons. The average molecular weight is 384 g/mol. The third-order valence-corrected chi connectivity index (χ3v) is 6.22. The molecule has 6 heteroatoms. The van der Waals surface area contributed by atoms with Gasteiger partial charge in [-0.2, -0.15) is 0 Å². The Kier molecular flexibility index (Phi) is 5.16. The van der Waals surface area contributed by atoms with E-state index in [1.54, 1.807) is 12.1 Å². The van der Waals surface area contributed by atoms with Crippen LogP contribution in [0.15, 0.2) is 47.4 Å². The summed E-state index contributed by atoms with van der Waals surface area (Å²) in [4.78, 5) is 27.1. The van der Waals surface area contributed by atoms with Gasteiger partial charge < -0.3 is 10.2 Å². The van der Waals surface area contributed by atoms with E-state index in [0.717, 1.165) is 36.3 Å². The maximum Gasteiger partial charge on any atom is 0.251 e. The first kappa shape index (κ1) is 18.0. The summed E-state index contributed by atoms with van der Waals surface area (Å²) in [6.07, 6.45) is 2.28. The van der Waals surface area contributed by atoms with E-state index in [1.807, 2.05) is 29.2 Å². The largest absolute Gasteiger partial charge is 0.345 e. The van der Waals surface area contributed by atoms with Crippen molar-refractivity contribution in [2.75, 3.05) is 12.3 Å². The minimum absolute atomic E-state index is 0.170. The third kappa shape index (κ3) is 3.86. The minimum Gasteiger partial charge on any atom is -0.345 e. The van der Waals surface area contributed by atoms with E-state index in [2.05, 4.69) is 5.32 Å². The van der Waals surface area contributed by atoms with Crippen molar-refractivity contribution in [3.8, 4) is 0 Å². The number of hydrogen-bond donors (Lipinski definition) is 1. The second-order valence-corrected chi connectivity index (χ2v) is 8.05. The summed E-state index contributed by atoms with van der Waals surface area (Å²) in [6, 6.07) is 12.2. The molecule has 2 amide bonds. The zero-order chi connectivity index (χ0) is 18.8. The second-order valence-electron chi connectivity index (χ2n) is 6.94. The summed E-state index contributed by atoms with van der Waals surface area (Å²) in [7, 11) is 0. The van der Waals surface area contributed by atoms with Gasteiger partial charge in [0.1, 0.15) is 5.82 Å². The Bertz CT molecular complexity index is 886. The third-order valence-electron chi connectivity index (χ3n) is 5.07. The highest BCUT2D eigenvalue weighted by Crippen LogP contribution is 2.37. The lowest BCUT2D eigenvalue weighted by Gasteiger charge is -2.26. The number of thioether (sulfide) groups is 1. The molecule has 1 N–H and O–H groups in total. The molecular weight excluding hydrogens is 363 g/mol. The summed E-state index contributed by atoms with van der Waals surface area (Å²) >= 11 is 1.50. The lowest BCUT2D eigenvalue weighted by atomic mass is 10.0. The molecule has 1 saturated heterocycles. The summed E-state index contributed by atoms with van der Waals surface area (Å²) < 4.78 is 14.0. The lowest BCUT2D eigenvalue weighted by Crippen LogP contribution is -2.31. The Balaban J connectivity index is 1.49. The fourth-order valence-electron chi connectivity index (χ4n) is 3.68. The van der Waals surface area contributed by atoms with E-state index in [4.69, 9.17) is 0 Å². The molecule has 4 nitrogen and oxygen atoms in total. The van der Waals surface area contributed by atoms with Gasteiger partial charge in [0.25, 0.3) is 5.91 Å². The molecule has 2 aliphatic rings. The van der Waals surface area contributed by atoms with E-state index in [-0.39, 0.29) is 23.7 Å². The first-order valence-electron chi connectivity index (χ1n) is 9.20. The summed E-state index contributed by atoms with van der Waals surface area (Å²) in [6.45, 7) is 1.31. The molecule has 0 radical (unpaired) electrons. The normalized spacial score (nSPS) is 19.1. The minimum atomic E-state index is -0.228. The van der Waals surface area contributed by atoms with Crippen LogP contribution in [0.25, 0.3) is 0 Å². The van der Waals surface area contributed by atoms with Gasteiger partial charge in [0.2, 0.25) is 5.91 Å². The van der Waals surface area contributed by atoms with Crippen LogP contribution in [0, 0.1) is 5.82 Å². The molecule has 0 bridgehead atoms. The zero-order valence-electron chi connectivity index (χ0n) is 14.9. The number of carbonyl (C=O) groups is 2. The summed E-state index contributed by atoms with van der Waals surface area (Å²) in [5, 5.41) is 3.05. The van der Waals surface area contributed by atoms with E-state index in [1.165, 1.54) is 17.8 Å². The predicted molar refractivity (Wildman–Crippen MR) is 103 cm³/mol. The number of carbonyl (C=O) groups excluding carboxylic acids is 2. The van der Waals surface area contributed by atoms with Crippen molar-refractivity contribution in [2.24, 2.45) is 0 Å². The number of fused-ring (bicyclic) bond motifs is 1. The Hall–Kier alpha value is -2.34. The number of benzene rings is 2. The Morgan fingerprint density at radius 1 is 1.26 bits per heavy atom. The molecule has 2 aliphatic heterocycles. The van der Waals surface area contributed by atoms with E-state index < -0.39 is 0 Å². The number of halogens is 1. The van der Waals surface area contributed by atoms with Crippen molar-refractivity contribution in [1.82, 2.24) is 10.2 Å². The number of likely N-dealkylation sites (tertiary alicyclic amines) is 1. The lowest BCUT2D eigenvalue weighted by molar-refractivity contribution is -0.128. The monoisotopic (exact) mass is 384 g/mol. The molecule has 0 spiro atoms. The van der Waals surface area contributed by atoms with Gasteiger partial charge in [-0.3, -0.25) is 9.59 Å². The van der Waals surface area contributed by atoms with Crippen LogP contribution in [-0.4, -0.2) is 29.0 Å². The quantitative estimate of drug-likeness (QED) is 0.869. The van der Waals surface area contributed by atoms with Gasteiger partial charge in [0.05, 0.1) is 6.04 Å². The number of nitrogens with zero attached hydrogens (tertiary/aromatic N) is 1. The Morgan fingerprint density at radius 2 is 2.11 bits per heavy atom. The smallest absolute Gasteiger partial charge is 0.251 e. The SMILES string of the molecule is O=C(NC1CCSc2c(F)cccc21)c1cccc(CN2CCCC2=O)c1. The molecule has 1 atom stereocenters. The van der Waals surface area contributed by atoms with Crippen LogP contribution in [0.3, 0.4) is 0 Å². The van der Waals surface area contributed by atoms with Crippen LogP contribution >= 0.6 is 11.8 Å². The molecule has 27 heavy (non-hydrogen) atoms. The molecule has 0 aliphatic carbocycles. The highest BCUT2D eigenvalue weighted by Gasteiger charge is 2.25. The fraction of sp³-hybridized carbons (Fsp3) is 0.333. The molecule has 2 heterocycles. The first-order chi connectivity index (χ1) is 13.1. The summed E-state index contributed by atoms with van der Waals surface area (Å²) in [5.74, 6) is 0.546. The van der Waals surface area contributed by atoms with Gasteiger partial charge in [0, 0.05) is 35.7 Å². The molecular formula is C21H21FN2O2S. The van der Waals surface area contributed by atoms with Gasteiger partial charge in [-0.1, -0.05) is 24.3 Å². The number of rotatable bonds is 4. The Labute approximate surface area is 162 Å². The van der Waals surface area contributed by atoms with Crippen molar-refractivity contribution in [3.63, 3.8) is 0 Å². The molecule has 2 aromatic carbocycles. The first-order valence-corrected chi connectivity index (χ1v) is 10.2. The number of hydrogen-bond acceptors (Lipinski definition) is 3. The van der Waals surface area contributed by atoms with Crippen molar-refractivity contribution in [3.05, 3.63) is 65.0 Å². The summed E-state index contributed by atoms with van der Waals surface area (Å²) in [5.41, 5.74) is 2.36. The molecule has 0 aromatic heterocycles. The number of amides is 2. The van der Waals surface area contributed by atoms with Gasteiger partial charge in [0.15, 0.2) is 0 Å². The highest BCUT2D eigenvalue weighted by atomic mass is 32.2. The topological polar surface area (TPSA) is 49.4 Å². The van der Waals surface area contributed by atoms with Gasteiger partial charge in [-0.25, -0.2) is 4.39 Å². The van der Waals surface area contributed by atoms with Crippen LogP contribution in [0.4, 0.5) is 4.39 Å². The Morgan fingerprint density at radius 3 is 2.93 bits per heavy atom. The van der Waals surface area contributed by atoms with Crippen molar-refractivity contribution in [2.45, 2.75) is 36.7 Å². The standard InChI is InChI=1S/C21H21FN2O2S/c22-17-7-2-6-16-18(9-11-27-20(16)17)23-21(26)15-5-1-4-14(12-15)13-24-10-3-8-19(24)25/h1-2,4-7,12,18H,3,8-11,13H2,(H,23,26). The van der Waals surface area contributed by atoms with E-state index in [9.17, 15) is 14.0 Å². The molecule has 1 unspecified atom stereocenters. The van der Waals surface area contributed by atoms with Crippen molar-refractivity contribution in [1.29, 1.82) is 0 Å². The van der Waals surface area contributed by atoms with Crippen molar-refractivity contribution >= 4 is 23.6 Å². The number of nitrogens with one attached hydrogen (secondary N) is 1. The molecule has 0 saturated carbocycles. The maximum atomic E-state index is 14.0.